The molecule has 0 aliphatic heterocycles. The first-order valence-corrected chi connectivity index (χ1v) is 11.3. The van der Waals surface area contributed by atoms with Crippen molar-refractivity contribution in [2.45, 2.75) is 32.1 Å². The molecule has 1 aliphatic rings. The van der Waals surface area contributed by atoms with Gasteiger partial charge >= 0.3 is 0 Å². The Kier molecular flexibility index (Phi) is 5.30. The summed E-state index contributed by atoms with van der Waals surface area (Å²) >= 11 is 0. The molecule has 0 nitrogen and oxygen atoms in total. The minimum Gasteiger partial charge on any atom is -0.0723 e. The lowest BCUT2D eigenvalue weighted by Gasteiger charge is -2.22. The number of hydrogen-bond acceptors (Lipinski definition) is 0. The number of allylic oxidation sites excluding steroid dienone is 3. The maximum absolute atomic E-state index is 2.40. The Bertz CT molecular complexity index is 1260. The number of rotatable bonds is 5. The van der Waals surface area contributed by atoms with Crippen LogP contribution in [-0.4, -0.2) is 0 Å². The standard InChI is InChI=1S/C31H28/c1-3-26-29-21-19-25-16-10-11-17-27(25)31(29)22(2)30(26)28(24-14-8-5-9-15-24)20-18-23-12-6-4-7-13-23/h4-22,28H,3H2,1-2H3/b20-18+. The van der Waals surface area contributed by atoms with Crippen molar-refractivity contribution in [2.75, 3.05) is 0 Å². The van der Waals surface area contributed by atoms with E-state index in [1.165, 1.54) is 38.6 Å². The van der Waals surface area contributed by atoms with Crippen LogP contribution >= 0.6 is 0 Å². The molecule has 0 saturated carbocycles. The van der Waals surface area contributed by atoms with Crippen molar-refractivity contribution in [2.24, 2.45) is 0 Å². The lowest BCUT2D eigenvalue weighted by molar-refractivity contribution is 0.828. The molecule has 31 heavy (non-hydrogen) atoms. The van der Waals surface area contributed by atoms with Gasteiger partial charge < -0.3 is 0 Å². The highest BCUT2D eigenvalue weighted by atomic mass is 14.4. The Balaban J connectivity index is 1.67. The quantitative estimate of drug-likeness (QED) is 0.314. The van der Waals surface area contributed by atoms with Gasteiger partial charge in [0.25, 0.3) is 0 Å². The Morgan fingerprint density at radius 2 is 1.45 bits per heavy atom. The summed E-state index contributed by atoms with van der Waals surface area (Å²) in [5.41, 5.74) is 8.61. The predicted molar refractivity (Wildman–Crippen MR) is 134 cm³/mol. The Hall–Kier alpha value is -3.38. The highest BCUT2D eigenvalue weighted by Crippen LogP contribution is 2.51. The van der Waals surface area contributed by atoms with Crippen molar-refractivity contribution in [1.29, 1.82) is 0 Å². The second-order valence-electron chi connectivity index (χ2n) is 8.42. The molecule has 1 aliphatic carbocycles. The molecule has 0 fully saturated rings. The number of fused-ring (bicyclic) bond motifs is 3. The Morgan fingerprint density at radius 1 is 0.774 bits per heavy atom. The molecule has 2 atom stereocenters. The van der Waals surface area contributed by atoms with Gasteiger partial charge in [0.05, 0.1) is 0 Å². The summed E-state index contributed by atoms with van der Waals surface area (Å²) in [4.78, 5) is 0. The van der Waals surface area contributed by atoms with Crippen LogP contribution in [0, 0.1) is 0 Å². The molecular formula is C31H28. The summed E-state index contributed by atoms with van der Waals surface area (Å²) in [7, 11) is 0. The lowest BCUT2D eigenvalue weighted by atomic mass is 9.81. The zero-order valence-corrected chi connectivity index (χ0v) is 18.3. The molecule has 0 radical (unpaired) electrons. The van der Waals surface area contributed by atoms with Gasteiger partial charge in [-0.1, -0.05) is 123 Å². The van der Waals surface area contributed by atoms with Crippen LogP contribution in [0.2, 0.25) is 0 Å². The largest absolute Gasteiger partial charge is 0.0723 e. The van der Waals surface area contributed by atoms with Crippen molar-refractivity contribution in [3.8, 4) is 0 Å². The first-order valence-electron chi connectivity index (χ1n) is 11.3. The van der Waals surface area contributed by atoms with E-state index in [0.29, 0.717) is 5.92 Å². The van der Waals surface area contributed by atoms with Gasteiger partial charge in [-0.25, -0.2) is 0 Å². The van der Waals surface area contributed by atoms with E-state index in [4.69, 9.17) is 0 Å². The first kappa shape index (κ1) is 19.6. The van der Waals surface area contributed by atoms with Crippen LogP contribution in [0.25, 0.3) is 22.4 Å². The summed E-state index contributed by atoms with van der Waals surface area (Å²) < 4.78 is 0. The molecule has 0 bridgehead atoms. The molecule has 0 spiro atoms. The lowest BCUT2D eigenvalue weighted by Crippen LogP contribution is -2.05. The van der Waals surface area contributed by atoms with Gasteiger partial charge in [-0.15, -0.1) is 0 Å². The summed E-state index contributed by atoms with van der Waals surface area (Å²) in [6, 6.07) is 35.1. The molecule has 0 saturated heterocycles. The fraction of sp³-hybridized carbons (Fsp3) is 0.161. The molecule has 0 aromatic heterocycles. The average molecular weight is 401 g/mol. The van der Waals surface area contributed by atoms with Crippen LogP contribution < -0.4 is 0 Å². The fourth-order valence-corrected chi connectivity index (χ4v) is 5.28. The summed E-state index contributed by atoms with van der Waals surface area (Å²) in [6.07, 6.45) is 5.74. The maximum atomic E-state index is 2.40. The zero-order valence-electron chi connectivity index (χ0n) is 18.3. The third-order valence-corrected chi connectivity index (χ3v) is 6.67. The number of hydrogen-bond donors (Lipinski definition) is 0. The van der Waals surface area contributed by atoms with Crippen LogP contribution in [0.3, 0.4) is 0 Å². The van der Waals surface area contributed by atoms with Gasteiger partial charge in [0.1, 0.15) is 0 Å². The predicted octanol–water partition coefficient (Wildman–Crippen LogP) is 8.62. The van der Waals surface area contributed by atoms with Crippen molar-refractivity contribution in [3.63, 3.8) is 0 Å². The smallest absolute Gasteiger partial charge is 0.0243 e. The summed E-state index contributed by atoms with van der Waals surface area (Å²) in [6.45, 7) is 4.70. The monoisotopic (exact) mass is 400 g/mol. The molecule has 4 aromatic carbocycles. The molecular weight excluding hydrogens is 372 g/mol. The van der Waals surface area contributed by atoms with E-state index >= 15 is 0 Å². The van der Waals surface area contributed by atoms with Crippen LogP contribution in [0.4, 0.5) is 0 Å². The first-order chi connectivity index (χ1) is 15.3. The van der Waals surface area contributed by atoms with E-state index in [9.17, 15) is 0 Å². The third-order valence-electron chi connectivity index (χ3n) is 6.67. The highest BCUT2D eigenvalue weighted by molar-refractivity contribution is 5.95. The van der Waals surface area contributed by atoms with E-state index < -0.39 is 0 Å². The van der Waals surface area contributed by atoms with Gasteiger partial charge in [0, 0.05) is 11.8 Å². The van der Waals surface area contributed by atoms with Crippen LogP contribution in [0.5, 0.6) is 0 Å². The minimum atomic E-state index is 0.262. The van der Waals surface area contributed by atoms with Gasteiger partial charge in [0.2, 0.25) is 0 Å². The molecule has 4 aromatic rings. The summed E-state index contributed by atoms with van der Waals surface area (Å²) in [5, 5.41) is 2.73. The summed E-state index contributed by atoms with van der Waals surface area (Å²) in [5.74, 6) is 0.652. The SMILES string of the molecule is CCC1=C(C(/C=C/c2ccccc2)c2ccccc2)C(C)c2c1ccc1ccccc21. The Labute approximate surface area is 185 Å². The maximum Gasteiger partial charge on any atom is 0.0243 e. The van der Waals surface area contributed by atoms with E-state index in [1.54, 1.807) is 5.57 Å². The normalized spacial score (nSPS) is 16.8. The van der Waals surface area contributed by atoms with Gasteiger partial charge in [-0.2, -0.15) is 0 Å². The van der Waals surface area contributed by atoms with Crippen molar-refractivity contribution >= 4 is 22.4 Å². The van der Waals surface area contributed by atoms with E-state index in [2.05, 4.69) is 123 Å². The van der Waals surface area contributed by atoms with Crippen molar-refractivity contribution < 1.29 is 0 Å². The zero-order chi connectivity index (χ0) is 21.2. The van der Waals surface area contributed by atoms with Crippen LogP contribution in [0.1, 0.15) is 54.4 Å². The average Bonchev–Trinajstić information content (AvgIpc) is 3.12. The van der Waals surface area contributed by atoms with E-state index in [1.807, 2.05) is 0 Å². The van der Waals surface area contributed by atoms with Crippen LogP contribution in [0.15, 0.2) is 109 Å². The van der Waals surface area contributed by atoms with Crippen LogP contribution in [-0.2, 0) is 0 Å². The van der Waals surface area contributed by atoms with Gasteiger partial charge in [-0.3, -0.25) is 0 Å². The van der Waals surface area contributed by atoms with E-state index in [-0.39, 0.29) is 5.92 Å². The minimum absolute atomic E-state index is 0.262. The van der Waals surface area contributed by atoms with Crippen molar-refractivity contribution in [1.82, 2.24) is 0 Å². The molecule has 152 valence electrons. The molecule has 0 heteroatoms. The second kappa shape index (κ2) is 8.40. The molecule has 0 N–H and O–H groups in total. The molecule has 0 amide bonds. The van der Waals surface area contributed by atoms with Crippen molar-refractivity contribution in [3.05, 3.63) is 131 Å². The molecule has 5 rings (SSSR count). The van der Waals surface area contributed by atoms with Gasteiger partial charge in [0.15, 0.2) is 0 Å². The third kappa shape index (κ3) is 3.53. The Morgan fingerprint density at radius 3 is 2.19 bits per heavy atom. The second-order valence-corrected chi connectivity index (χ2v) is 8.42. The molecule has 0 heterocycles. The topological polar surface area (TPSA) is 0 Å². The van der Waals surface area contributed by atoms with Gasteiger partial charge in [-0.05, 0) is 50.6 Å². The van der Waals surface area contributed by atoms with E-state index in [0.717, 1.165) is 6.42 Å². The fourth-order valence-electron chi connectivity index (χ4n) is 5.28. The number of benzene rings is 4. The molecule has 2 unspecified atom stereocenters. The highest BCUT2D eigenvalue weighted by Gasteiger charge is 2.33.